The zero-order chi connectivity index (χ0) is 14.3. The van der Waals surface area contributed by atoms with E-state index in [-0.39, 0.29) is 19.0 Å². The van der Waals surface area contributed by atoms with Crippen molar-refractivity contribution in [1.82, 2.24) is 10.6 Å². The van der Waals surface area contributed by atoms with E-state index in [2.05, 4.69) is 10.6 Å². The summed E-state index contributed by atoms with van der Waals surface area (Å²) in [4.78, 5) is 21.8. The van der Waals surface area contributed by atoms with Gasteiger partial charge in [0, 0.05) is 13.1 Å². The predicted molar refractivity (Wildman–Crippen MR) is 73.8 cm³/mol. The summed E-state index contributed by atoms with van der Waals surface area (Å²) in [6.07, 6.45) is 0. The number of nitrogens with one attached hydrogen (secondary N) is 2. The Bertz CT molecular complexity index is 452. The Hall–Kier alpha value is -1.46. The van der Waals surface area contributed by atoms with E-state index in [1.807, 2.05) is 0 Å². The molecule has 0 fully saturated rings. The van der Waals surface area contributed by atoms with Gasteiger partial charge in [0.1, 0.15) is 5.75 Å². The second-order valence-corrected chi connectivity index (χ2v) is 4.64. The monoisotopic (exact) mass is 304 g/mol. The van der Waals surface area contributed by atoms with Crippen LogP contribution in [0.3, 0.4) is 0 Å². The Morgan fingerprint density at radius 3 is 2.47 bits per heavy atom. The second kappa shape index (κ2) is 7.86. The lowest BCUT2D eigenvalue weighted by atomic mass is 10.2. The molecule has 19 heavy (non-hydrogen) atoms. The molecule has 1 aromatic rings. The minimum atomic E-state index is -1.11. The summed E-state index contributed by atoms with van der Waals surface area (Å²) in [5.74, 6) is -0.277. The molecule has 0 heterocycles. The van der Waals surface area contributed by atoms with Gasteiger partial charge in [-0.3, -0.25) is 9.59 Å². The highest BCUT2D eigenvalue weighted by Gasteiger charge is 2.12. The number of hydrogen-bond donors (Lipinski definition) is 2. The highest BCUT2D eigenvalue weighted by molar-refractivity contribution is 6.53. The third-order valence-corrected chi connectivity index (χ3v) is 2.66. The van der Waals surface area contributed by atoms with Crippen LogP contribution in [0.1, 0.15) is 10.4 Å². The molecule has 0 aliphatic heterocycles. The molecule has 0 radical (unpaired) electrons. The quantitative estimate of drug-likeness (QED) is 0.616. The van der Waals surface area contributed by atoms with E-state index in [9.17, 15) is 9.59 Å². The van der Waals surface area contributed by atoms with Crippen LogP contribution >= 0.6 is 23.2 Å². The number of ether oxygens (including phenoxy) is 1. The molecular formula is C12H14Cl2N2O3. The fourth-order valence-corrected chi connectivity index (χ4v) is 1.52. The summed E-state index contributed by atoms with van der Waals surface area (Å²) in [5.41, 5.74) is 0.434. The average molecular weight is 305 g/mol. The van der Waals surface area contributed by atoms with Crippen LogP contribution in [-0.2, 0) is 4.79 Å². The van der Waals surface area contributed by atoms with Crippen molar-refractivity contribution in [1.29, 1.82) is 0 Å². The largest absolute Gasteiger partial charge is 0.496 e. The molecule has 0 spiro atoms. The molecule has 0 unspecified atom stereocenters. The number of rotatable bonds is 6. The van der Waals surface area contributed by atoms with Crippen LogP contribution in [0.2, 0.25) is 0 Å². The minimum Gasteiger partial charge on any atom is -0.496 e. The Balaban J connectivity index is 2.41. The van der Waals surface area contributed by atoms with Crippen LogP contribution in [0.25, 0.3) is 0 Å². The molecule has 104 valence electrons. The van der Waals surface area contributed by atoms with Gasteiger partial charge in [-0.15, -0.1) is 0 Å². The van der Waals surface area contributed by atoms with Crippen LogP contribution in [-0.4, -0.2) is 36.8 Å². The highest BCUT2D eigenvalue weighted by atomic mass is 35.5. The Morgan fingerprint density at radius 2 is 1.84 bits per heavy atom. The molecule has 0 atom stereocenters. The number of hydrogen-bond acceptors (Lipinski definition) is 3. The van der Waals surface area contributed by atoms with Crippen LogP contribution in [0.5, 0.6) is 5.75 Å². The summed E-state index contributed by atoms with van der Waals surface area (Å²) in [5, 5.41) is 5.12. The van der Waals surface area contributed by atoms with Gasteiger partial charge in [0.05, 0.1) is 12.7 Å². The Morgan fingerprint density at radius 1 is 1.21 bits per heavy atom. The normalized spacial score (nSPS) is 10.1. The van der Waals surface area contributed by atoms with Crippen molar-refractivity contribution >= 4 is 35.0 Å². The molecule has 2 amide bonds. The molecular weight excluding hydrogens is 291 g/mol. The van der Waals surface area contributed by atoms with Crippen LogP contribution in [0, 0.1) is 0 Å². The molecule has 7 heteroatoms. The molecule has 0 saturated heterocycles. The zero-order valence-electron chi connectivity index (χ0n) is 10.3. The smallest absolute Gasteiger partial charge is 0.255 e. The zero-order valence-corrected chi connectivity index (χ0v) is 11.8. The molecule has 0 aliphatic carbocycles. The van der Waals surface area contributed by atoms with Crippen molar-refractivity contribution in [2.75, 3.05) is 20.2 Å². The number of carbonyl (C=O) groups excluding carboxylic acids is 2. The number of amides is 2. The maximum atomic E-state index is 11.8. The summed E-state index contributed by atoms with van der Waals surface area (Å²) in [7, 11) is 1.49. The first-order chi connectivity index (χ1) is 9.06. The van der Waals surface area contributed by atoms with Gasteiger partial charge < -0.3 is 15.4 Å². The molecule has 2 N–H and O–H groups in total. The maximum absolute atomic E-state index is 11.8. The van der Waals surface area contributed by atoms with Gasteiger partial charge in [-0.25, -0.2) is 0 Å². The SMILES string of the molecule is COc1ccccc1C(=O)NCCNC(=O)C(Cl)Cl. The number of carbonyl (C=O) groups is 2. The van der Waals surface area contributed by atoms with Crippen molar-refractivity contribution in [2.24, 2.45) is 0 Å². The van der Waals surface area contributed by atoms with E-state index < -0.39 is 10.7 Å². The minimum absolute atomic E-state index is 0.246. The van der Waals surface area contributed by atoms with E-state index in [1.165, 1.54) is 7.11 Å². The standard InChI is InChI=1S/C12H14Cl2N2O3/c1-19-9-5-3-2-4-8(9)11(17)15-6-7-16-12(18)10(13)14/h2-5,10H,6-7H2,1H3,(H,15,17)(H,16,18). The lowest BCUT2D eigenvalue weighted by Gasteiger charge is -2.09. The number of halogens is 2. The first-order valence-corrected chi connectivity index (χ1v) is 6.40. The van der Waals surface area contributed by atoms with Crippen molar-refractivity contribution in [3.8, 4) is 5.75 Å². The molecule has 5 nitrogen and oxygen atoms in total. The number of methoxy groups -OCH3 is 1. The first kappa shape index (κ1) is 15.6. The Kier molecular flexibility index (Phi) is 6.45. The van der Waals surface area contributed by atoms with Crippen molar-refractivity contribution in [2.45, 2.75) is 4.84 Å². The van der Waals surface area contributed by atoms with Gasteiger partial charge in [-0.05, 0) is 12.1 Å². The number of benzene rings is 1. The van der Waals surface area contributed by atoms with Gasteiger partial charge in [0.15, 0.2) is 4.84 Å². The average Bonchev–Trinajstić information content (AvgIpc) is 2.42. The fourth-order valence-electron chi connectivity index (χ4n) is 1.37. The molecule has 0 saturated carbocycles. The van der Waals surface area contributed by atoms with Gasteiger partial charge >= 0.3 is 0 Å². The predicted octanol–water partition coefficient (Wildman–Crippen LogP) is 1.34. The molecule has 0 bridgehead atoms. The lowest BCUT2D eigenvalue weighted by Crippen LogP contribution is -2.36. The molecule has 0 aliphatic rings. The Labute approximate surface area is 121 Å². The van der Waals surface area contributed by atoms with Crippen LogP contribution < -0.4 is 15.4 Å². The lowest BCUT2D eigenvalue weighted by molar-refractivity contribution is -0.119. The van der Waals surface area contributed by atoms with Gasteiger partial charge in [0.25, 0.3) is 11.8 Å². The van der Waals surface area contributed by atoms with E-state index in [1.54, 1.807) is 24.3 Å². The number of alkyl halides is 2. The summed E-state index contributed by atoms with van der Waals surface area (Å²) in [6, 6.07) is 6.87. The van der Waals surface area contributed by atoms with Gasteiger partial charge in [-0.2, -0.15) is 0 Å². The van der Waals surface area contributed by atoms with Crippen molar-refractivity contribution in [3.05, 3.63) is 29.8 Å². The highest BCUT2D eigenvalue weighted by Crippen LogP contribution is 2.16. The third-order valence-electron chi connectivity index (χ3n) is 2.26. The molecule has 1 rings (SSSR count). The maximum Gasteiger partial charge on any atom is 0.255 e. The fraction of sp³-hybridized carbons (Fsp3) is 0.333. The van der Waals surface area contributed by atoms with E-state index in [0.29, 0.717) is 11.3 Å². The molecule has 0 aromatic heterocycles. The topological polar surface area (TPSA) is 67.4 Å². The van der Waals surface area contributed by atoms with Crippen molar-refractivity contribution < 1.29 is 14.3 Å². The first-order valence-electron chi connectivity index (χ1n) is 5.53. The third kappa shape index (κ3) is 4.96. The summed E-state index contributed by atoms with van der Waals surface area (Å²) in [6.45, 7) is 0.513. The van der Waals surface area contributed by atoms with Gasteiger partial charge in [-0.1, -0.05) is 35.3 Å². The van der Waals surface area contributed by atoms with Crippen LogP contribution in [0.4, 0.5) is 0 Å². The van der Waals surface area contributed by atoms with E-state index in [4.69, 9.17) is 27.9 Å². The summed E-state index contributed by atoms with van der Waals surface area (Å²) >= 11 is 10.7. The van der Waals surface area contributed by atoms with Gasteiger partial charge in [0.2, 0.25) is 0 Å². The van der Waals surface area contributed by atoms with Crippen LogP contribution in [0.15, 0.2) is 24.3 Å². The second-order valence-electron chi connectivity index (χ2n) is 3.55. The van der Waals surface area contributed by atoms with E-state index >= 15 is 0 Å². The number of para-hydroxylation sites is 1. The van der Waals surface area contributed by atoms with E-state index in [0.717, 1.165) is 0 Å². The van der Waals surface area contributed by atoms with Crippen molar-refractivity contribution in [3.63, 3.8) is 0 Å². The molecule has 1 aromatic carbocycles. The summed E-state index contributed by atoms with van der Waals surface area (Å²) < 4.78 is 5.08.